The topological polar surface area (TPSA) is 42.4 Å². The molecule has 0 bridgehead atoms. The summed E-state index contributed by atoms with van der Waals surface area (Å²) in [6, 6.07) is 15.7. The van der Waals surface area contributed by atoms with Gasteiger partial charge in [0.15, 0.2) is 0 Å². The Kier molecular flexibility index (Phi) is 7.04. The molecular formula is C24H28N2O2S. The normalized spacial score (nSPS) is 10.9. The summed E-state index contributed by atoms with van der Waals surface area (Å²) in [4.78, 5) is 19.7. The highest BCUT2D eigenvalue weighted by atomic mass is 32.1. The van der Waals surface area contributed by atoms with E-state index in [1.807, 2.05) is 72.7 Å². The number of ether oxygens (including phenoxy) is 1. The van der Waals surface area contributed by atoms with E-state index in [-0.39, 0.29) is 5.91 Å². The second-order valence-electron chi connectivity index (χ2n) is 7.73. The SMILES string of the molecule is Cc1cccc(OCc2nc(CN(CC(C)C)C(=O)c3ccccc3C)cs2)c1. The van der Waals surface area contributed by atoms with Crippen LogP contribution in [0, 0.1) is 19.8 Å². The Labute approximate surface area is 177 Å². The predicted octanol–water partition coefficient (Wildman–Crippen LogP) is 5.64. The standard InChI is InChI=1S/C24H28N2O2S/c1-17(2)13-26(24(27)22-11-6-5-9-19(22)4)14-20-16-29-23(25-20)15-28-21-10-7-8-18(3)12-21/h5-12,16-17H,13-15H2,1-4H3. The van der Waals surface area contributed by atoms with Crippen LogP contribution in [-0.4, -0.2) is 22.3 Å². The summed E-state index contributed by atoms with van der Waals surface area (Å²) >= 11 is 1.57. The Morgan fingerprint density at radius 2 is 1.93 bits per heavy atom. The highest BCUT2D eigenvalue weighted by Crippen LogP contribution is 2.19. The molecule has 0 aliphatic rings. The second-order valence-corrected chi connectivity index (χ2v) is 8.67. The minimum Gasteiger partial charge on any atom is -0.486 e. The average Bonchev–Trinajstić information content (AvgIpc) is 3.13. The van der Waals surface area contributed by atoms with Crippen LogP contribution in [0.3, 0.4) is 0 Å². The first-order chi connectivity index (χ1) is 13.9. The number of amides is 1. The fraction of sp³-hybridized carbons (Fsp3) is 0.333. The zero-order valence-electron chi connectivity index (χ0n) is 17.5. The number of hydrogen-bond acceptors (Lipinski definition) is 4. The van der Waals surface area contributed by atoms with Crippen LogP contribution in [-0.2, 0) is 13.2 Å². The largest absolute Gasteiger partial charge is 0.486 e. The molecule has 0 aliphatic carbocycles. The fourth-order valence-corrected chi connectivity index (χ4v) is 3.87. The summed E-state index contributed by atoms with van der Waals surface area (Å²) in [6.45, 7) is 9.91. The summed E-state index contributed by atoms with van der Waals surface area (Å²) in [5, 5.41) is 2.93. The molecule has 3 aromatic rings. The van der Waals surface area contributed by atoms with Crippen molar-refractivity contribution < 1.29 is 9.53 Å². The van der Waals surface area contributed by atoms with Gasteiger partial charge < -0.3 is 9.64 Å². The highest BCUT2D eigenvalue weighted by Gasteiger charge is 2.20. The Morgan fingerprint density at radius 3 is 2.66 bits per heavy atom. The van der Waals surface area contributed by atoms with Crippen molar-refractivity contribution in [3.63, 3.8) is 0 Å². The molecule has 29 heavy (non-hydrogen) atoms. The van der Waals surface area contributed by atoms with Gasteiger partial charge in [-0.15, -0.1) is 11.3 Å². The summed E-state index contributed by atoms with van der Waals surface area (Å²) in [5.41, 5.74) is 3.82. The number of thiazole rings is 1. The van der Waals surface area contributed by atoms with Crippen LogP contribution in [0.25, 0.3) is 0 Å². The molecule has 1 heterocycles. The zero-order chi connectivity index (χ0) is 20.8. The van der Waals surface area contributed by atoms with Crippen molar-refractivity contribution in [3.8, 4) is 5.75 Å². The molecule has 0 saturated carbocycles. The second kappa shape index (κ2) is 9.70. The van der Waals surface area contributed by atoms with Crippen molar-refractivity contribution in [2.45, 2.75) is 40.8 Å². The van der Waals surface area contributed by atoms with Crippen LogP contribution in [0.1, 0.15) is 46.0 Å². The molecule has 4 nitrogen and oxygen atoms in total. The third-order valence-corrected chi connectivity index (χ3v) is 5.42. The van der Waals surface area contributed by atoms with Gasteiger partial charge in [0.05, 0.1) is 12.2 Å². The Balaban J connectivity index is 1.68. The minimum atomic E-state index is 0.0577. The maximum atomic E-state index is 13.1. The van der Waals surface area contributed by atoms with Crippen LogP contribution in [0.5, 0.6) is 5.75 Å². The summed E-state index contributed by atoms with van der Waals surface area (Å²) in [7, 11) is 0. The molecule has 3 rings (SSSR count). The van der Waals surface area contributed by atoms with Crippen LogP contribution >= 0.6 is 11.3 Å². The molecule has 0 saturated heterocycles. The van der Waals surface area contributed by atoms with E-state index in [1.165, 1.54) is 5.56 Å². The fourth-order valence-electron chi connectivity index (χ4n) is 3.18. The molecule has 2 aromatic carbocycles. The highest BCUT2D eigenvalue weighted by molar-refractivity contribution is 7.09. The maximum absolute atomic E-state index is 13.1. The number of carbonyl (C=O) groups is 1. The van der Waals surface area contributed by atoms with Crippen molar-refractivity contribution in [3.05, 3.63) is 81.3 Å². The average molecular weight is 409 g/mol. The Morgan fingerprint density at radius 1 is 1.14 bits per heavy atom. The Hall–Kier alpha value is -2.66. The number of rotatable bonds is 8. The summed E-state index contributed by atoms with van der Waals surface area (Å²) < 4.78 is 5.86. The molecule has 0 fully saturated rings. The molecule has 0 atom stereocenters. The number of aryl methyl sites for hydroxylation is 2. The van der Waals surface area contributed by atoms with Gasteiger partial charge in [0.25, 0.3) is 5.91 Å². The lowest BCUT2D eigenvalue weighted by atomic mass is 10.1. The van der Waals surface area contributed by atoms with Gasteiger partial charge in [-0.2, -0.15) is 0 Å². The molecule has 0 radical (unpaired) electrons. The van der Waals surface area contributed by atoms with E-state index in [4.69, 9.17) is 9.72 Å². The van der Waals surface area contributed by atoms with Crippen LogP contribution in [0.15, 0.2) is 53.9 Å². The van der Waals surface area contributed by atoms with Crippen LogP contribution < -0.4 is 4.74 Å². The predicted molar refractivity (Wildman–Crippen MR) is 118 cm³/mol. The van der Waals surface area contributed by atoms with Gasteiger partial charge in [0.2, 0.25) is 0 Å². The van der Waals surface area contributed by atoms with E-state index in [0.717, 1.165) is 27.6 Å². The lowest BCUT2D eigenvalue weighted by molar-refractivity contribution is 0.0720. The van der Waals surface area contributed by atoms with Crippen molar-refractivity contribution in [2.24, 2.45) is 5.92 Å². The van der Waals surface area contributed by atoms with Gasteiger partial charge in [-0.1, -0.05) is 44.2 Å². The molecule has 0 unspecified atom stereocenters. The summed E-state index contributed by atoms with van der Waals surface area (Å²) in [5.74, 6) is 1.28. The number of hydrogen-bond donors (Lipinski definition) is 0. The first-order valence-corrected chi connectivity index (χ1v) is 10.8. The molecule has 1 amide bonds. The first kappa shape index (κ1) is 21.1. The molecule has 1 aromatic heterocycles. The maximum Gasteiger partial charge on any atom is 0.254 e. The smallest absolute Gasteiger partial charge is 0.254 e. The van der Waals surface area contributed by atoms with Crippen molar-refractivity contribution in [2.75, 3.05) is 6.54 Å². The molecule has 0 spiro atoms. The molecule has 0 aliphatic heterocycles. The molecule has 5 heteroatoms. The molecular weight excluding hydrogens is 380 g/mol. The van der Waals surface area contributed by atoms with Crippen LogP contribution in [0.4, 0.5) is 0 Å². The van der Waals surface area contributed by atoms with Crippen LogP contribution in [0.2, 0.25) is 0 Å². The van der Waals surface area contributed by atoms with E-state index < -0.39 is 0 Å². The molecule has 152 valence electrons. The van der Waals surface area contributed by atoms with Crippen molar-refractivity contribution in [1.29, 1.82) is 0 Å². The number of carbonyl (C=O) groups excluding carboxylic acids is 1. The van der Waals surface area contributed by atoms with E-state index in [2.05, 4.69) is 13.8 Å². The number of aromatic nitrogens is 1. The third-order valence-electron chi connectivity index (χ3n) is 4.55. The van der Waals surface area contributed by atoms with E-state index in [1.54, 1.807) is 11.3 Å². The van der Waals surface area contributed by atoms with Gasteiger partial charge in [0.1, 0.15) is 17.4 Å². The van der Waals surface area contributed by atoms with Gasteiger partial charge in [-0.3, -0.25) is 4.79 Å². The van der Waals surface area contributed by atoms with Gasteiger partial charge >= 0.3 is 0 Å². The monoisotopic (exact) mass is 408 g/mol. The molecule has 0 N–H and O–H groups in total. The van der Waals surface area contributed by atoms with E-state index >= 15 is 0 Å². The lowest BCUT2D eigenvalue weighted by Gasteiger charge is -2.24. The first-order valence-electron chi connectivity index (χ1n) is 9.90. The number of nitrogens with zero attached hydrogens (tertiary/aromatic N) is 2. The van der Waals surface area contributed by atoms with Crippen molar-refractivity contribution >= 4 is 17.2 Å². The minimum absolute atomic E-state index is 0.0577. The van der Waals surface area contributed by atoms with Gasteiger partial charge in [-0.05, 0) is 49.1 Å². The third kappa shape index (κ3) is 5.91. The summed E-state index contributed by atoms with van der Waals surface area (Å²) in [6.07, 6.45) is 0. The van der Waals surface area contributed by atoms with Crippen molar-refractivity contribution in [1.82, 2.24) is 9.88 Å². The van der Waals surface area contributed by atoms with Gasteiger partial charge in [-0.25, -0.2) is 4.98 Å². The number of benzene rings is 2. The zero-order valence-corrected chi connectivity index (χ0v) is 18.3. The Bertz CT molecular complexity index is 965. The van der Waals surface area contributed by atoms with E-state index in [9.17, 15) is 4.79 Å². The quantitative estimate of drug-likeness (QED) is 0.484. The lowest BCUT2D eigenvalue weighted by Crippen LogP contribution is -2.34. The van der Waals surface area contributed by atoms with E-state index in [0.29, 0.717) is 25.6 Å². The van der Waals surface area contributed by atoms with Gasteiger partial charge in [0, 0.05) is 17.5 Å².